The minimum absolute atomic E-state index is 0.848. The molecule has 0 fully saturated rings. The lowest BCUT2D eigenvalue weighted by Gasteiger charge is -2.15. The lowest BCUT2D eigenvalue weighted by molar-refractivity contribution is 0.665. The minimum Gasteiger partial charge on any atom is -0.456 e. The van der Waals surface area contributed by atoms with Crippen molar-refractivity contribution in [3.8, 4) is 17.1 Å². The summed E-state index contributed by atoms with van der Waals surface area (Å²) in [6.07, 6.45) is 3.86. The first-order chi connectivity index (χ1) is 16.2. The predicted octanol–water partition coefficient (Wildman–Crippen LogP) is 7.95. The first-order valence-electron chi connectivity index (χ1n) is 11.1. The van der Waals surface area contributed by atoms with Gasteiger partial charge in [0.15, 0.2) is 0 Å². The normalized spacial score (nSPS) is 11.9. The van der Waals surface area contributed by atoms with E-state index < -0.39 is 0 Å². The molecule has 0 spiro atoms. The van der Waals surface area contributed by atoms with Crippen LogP contribution in [0.15, 0.2) is 94.0 Å². The zero-order chi connectivity index (χ0) is 22.1. The van der Waals surface area contributed by atoms with E-state index in [1.165, 1.54) is 5.56 Å². The number of aryl methyl sites for hydroxylation is 2. The van der Waals surface area contributed by atoms with Crippen LogP contribution in [0.5, 0.6) is 0 Å². The number of para-hydroxylation sites is 3. The highest BCUT2D eigenvalue weighted by Crippen LogP contribution is 2.39. The minimum atomic E-state index is 0.848. The molecule has 3 heterocycles. The third-order valence-corrected chi connectivity index (χ3v) is 6.59. The van der Waals surface area contributed by atoms with Gasteiger partial charge in [0.05, 0.1) is 11.3 Å². The van der Waals surface area contributed by atoms with Crippen LogP contribution in [0.1, 0.15) is 11.1 Å². The second-order valence-corrected chi connectivity index (χ2v) is 8.54. The maximum Gasteiger partial charge on any atom is 0.148 e. The van der Waals surface area contributed by atoms with Crippen LogP contribution in [0.3, 0.4) is 0 Å². The molecule has 158 valence electrons. The summed E-state index contributed by atoms with van der Waals surface area (Å²) in [5, 5.41) is 4.50. The van der Waals surface area contributed by atoms with Crippen molar-refractivity contribution in [3.63, 3.8) is 0 Å². The zero-order valence-electron chi connectivity index (χ0n) is 18.3. The Bertz CT molecular complexity index is 1850. The molecule has 0 atom stereocenters. The monoisotopic (exact) mass is 428 g/mol. The van der Waals surface area contributed by atoms with Gasteiger partial charge in [-0.05, 0) is 43.7 Å². The summed E-state index contributed by atoms with van der Waals surface area (Å²) >= 11 is 0. The van der Waals surface area contributed by atoms with Gasteiger partial charge in [-0.1, -0.05) is 48.5 Å². The van der Waals surface area contributed by atoms with E-state index in [0.717, 1.165) is 66.5 Å². The third-order valence-electron chi connectivity index (χ3n) is 6.59. The fourth-order valence-corrected chi connectivity index (χ4v) is 5.15. The molecule has 0 unspecified atom stereocenters. The van der Waals surface area contributed by atoms with Crippen LogP contribution >= 0.6 is 0 Å². The Morgan fingerprint density at radius 3 is 2.15 bits per heavy atom. The maximum atomic E-state index is 6.30. The number of rotatable bonds is 2. The summed E-state index contributed by atoms with van der Waals surface area (Å²) in [6.45, 7) is 4.27. The van der Waals surface area contributed by atoms with Gasteiger partial charge in [-0.3, -0.25) is 4.57 Å². The first-order valence-corrected chi connectivity index (χ1v) is 11.1. The summed E-state index contributed by atoms with van der Waals surface area (Å²) in [6, 6.07) is 24.8. The highest BCUT2D eigenvalue weighted by atomic mass is 16.3. The Kier molecular flexibility index (Phi) is 3.65. The van der Waals surface area contributed by atoms with E-state index in [2.05, 4.69) is 60.9 Å². The van der Waals surface area contributed by atoms with Crippen LogP contribution in [0.2, 0.25) is 0 Å². The number of hydrogen-bond acceptors (Lipinski definition) is 3. The summed E-state index contributed by atoms with van der Waals surface area (Å²) in [7, 11) is 0. The highest BCUT2D eigenvalue weighted by Gasteiger charge is 2.20. The Morgan fingerprint density at radius 1 is 0.697 bits per heavy atom. The number of furan rings is 2. The van der Waals surface area contributed by atoms with Gasteiger partial charge < -0.3 is 8.83 Å². The Hall–Kier alpha value is -4.31. The molecule has 0 saturated heterocycles. The maximum absolute atomic E-state index is 6.30. The van der Waals surface area contributed by atoms with Crippen molar-refractivity contribution >= 4 is 43.9 Å². The van der Waals surface area contributed by atoms with Crippen molar-refractivity contribution in [1.29, 1.82) is 0 Å². The van der Waals surface area contributed by atoms with Crippen LogP contribution in [-0.4, -0.2) is 9.55 Å². The lowest BCUT2D eigenvalue weighted by atomic mass is 10.0. The van der Waals surface area contributed by atoms with Gasteiger partial charge in [0, 0.05) is 39.5 Å². The molecule has 0 bridgehead atoms. The largest absolute Gasteiger partial charge is 0.456 e. The Balaban J connectivity index is 1.51. The summed E-state index contributed by atoms with van der Waals surface area (Å²) < 4.78 is 14.7. The van der Waals surface area contributed by atoms with Crippen molar-refractivity contribution in [2.45, 2.75) is 13.8 Å². The molecule has 7 rings (SSSR count). The average molecular weight is 428 g/mol. The number of imidazole rings is 1. The van der Waals surface area contributed by atoms with Crippen molar-refractivity contribution in [3.05, 3.63) is 96.3 Å². The van der Waals surface area contributed by atoms with Gasteiger partial charge >= 0.3 is 0 Å². The van der Waals surface area contributed by atoms with Gasteiger partial charge in [-0.25, -0.2) is 4.98 Å². The number of nitrogens with zero attached hydrogens (tertiary/aromatic N) is 2. The van der Waals surface area contributed by atoms with Crippen LogP contribution in [0, 0.1) is 13.8 Å². The van der Waals surface area contributed by atoms with Gasteiger partial charge in [-0.2, -0.15) is 0 Å². The second kappa shape index (κ2) is 6.59. The Labute approximate surface area is 189 Å². The van der Waals surface area contributed by atoms with Crippen LogP contribution < -0.4 is 0 Å². The smallest absolute Gasteiger partial charge is 0.148 e. The van der Waals surface area contributed by atoms with Crippen molar-refractivity contribution in [1.82, 2.24) is 9.55 Å². The summed E-state index contributed by atoms with van der Waals surface area (Å²) in [4.78, 5) is 4.76. The number of benzene rings is 4. The molecular weight excluding hydrogens is 408 g/mol. The molecule has 4 heteroatoms. The number of hydrogen-bond donors (Lipinski definition) is 0. The standard InChI is InChI=1S/C29H20N2O2/c1-17-16-23-20-9-4-6-13-25(20)32-27(23)18(2)26(17)31-15-14-30-29(31)22-11-7-10-21-19-8-3-5-12-24(19)33-28(21)22/h3-16H,1-2H3. The van der Waals surface area contributed by atoms with Crippen LogP contribution in [0.4, 0.5) is 0 Å². The van der Waals surface area contributed by atoms with E-state index in [0.29, 0.717) is 0 Å². The van der Waals surface area contributed by atoms with Gasteiger partial charge in [-0.15, -0.1) is 0 Å². The molecular formula is C29H20N2O2. The van der Waals surface area contributed by atoms with Crippen LogP contribution in [-0.2, 0) is 0 Å². The molecule has 0 amide bonds. The Morgan fingerprint density at radius 2 is 1.36 bits per heavy atom. The molecule has 7 aromatic rings. The topological polar surface area (TPSA) is 44.1 Å². The van der Waals surface area contributed by atoms with E-state index >= 15 is 0 Å². The van der Waals surface area contributed by atoms with Gasteiger partial charge in [0.25, 0.3) is 0 Å². The molecule has 4 nitrogen and oxygen atoms in total. The molecule has 0 aliphatic heterocycles. The molecule has 0 saturated carbocycles. The van der Waals surface area contributed by atoms with Crippen molar-refractivity contribution < 1.29 is 8.83 Å². The molecule has 0 N–H and O–H groups in total. The lowest BCUT2D eigenvalue weighted by Crippen LogP contribution is -2.02. The summed E-state index contributed by atoms with van der Waals surface area (Å²) in [5.74, 6) is 0.848. The van der Waals surface area contributed by atoms with Crippen LogP contribution in [0.25, 0.3) is 61.0 Å². The molecule has 3 aromatic heterocycles. The molecule has 33 heavy (non-hydrogen) atoms. The van der Waals surface area contributed by atoms with E-state index in [9.17, 15) is 0 Å². The molecule has 4 aromatic carbocycles. The highest BCUT2D eigenvalue weighted by molar-refractivity contribution is 6.09. The van der Waals surface area contributed by atoms with Gasteiger partial charge in [0.1, 0.15) is 28.2 Å². The quantitative estimate of drug-likeness (QED) is 0.281. The average Bonchev–Trinajstić information content (AvgIpc) is 3.55. The number of aromatic nitrogens is 2. The van der Waals surface area contributed by atoms with Crippen molar-refractivity contribution in [2.24, 2.45) is 0 Å². The molecule has 0 aliphatic carbocycles. The SMILES string of the molecule is Cc1cc2c(oc3ccccc32)c(C)c1-n1ccnc1-c1cccc2c1oc1ccccc12. The predicted molar refractivity (Wildman–Crippen MR) is 133 cm³/mol. The number of fused-ring (bicyclic) bond motifs is 6. The van der Waals surface area contributed by atoms with E-state index in [1.807, 2.05) is 42.7 Å². The van der Waals surface area contributed by atoms with E-state index in [4.69, 9.17) is 13.8 Å². The third kappa shape index (κ3) is 2.49. The second-order valence-electron chi connectivity index (χ2n) is 8.54. The fourth-order valence-electron chi connectivity index (χ4n) is 5.15. The first kappa shape index (κ1) is 18.3. The van der Waals surface area contributed by atoms with E-state index in [-0.39, 0.29) is 0 Å². The molecule has 0 aliphatic rings. The molecule has 0 radical (unpaired) electrons. The van der Waals surface area contributed by atoms with Gasteiger partial charge in [0.2, 0.25) is 0 Å². The fraction of sp³-hybridized carbons (Fsp3) is 0.0690. The van der Waals surface area contributed by atoms with Crippen molar-refractivity contribution in [2.75, 3.05) is 0 Å². The summed E-state index contributed by atoms with van der Waals surface area (Å²) in [5.41, 5.74) is 7.88. The zero-order valence-corrected chi connectivity index (χ0v) is 18.3. The van der Waals surface area contributed by atoms with E-state index in [1.54, 1.807) is 0 Å².